The minimum atomic E-state index is 1.09. The maximum atomic E-state index is 2.42. The van der Waals surface area contributed by atoms with E-state index in [1.54, 1.807) is 0 Å². The second-order valence-electron chi connectivity index (χ2n) is 12.9. The molecule has 228 valence electrons. The number of para-hydroxylation sites is 1. The molecule has 1 nitrogen and oxygen atoms in total. The van der Waals surface area contributed by atoms with E-state index in [1.807, 2.05) is 0 Å². The third-order valence-electron chi connectivity index (χ3n) is 9.87. The first-order valence-corrected chi connectivity index (χ1v) is 16.9. The molecule has 8 aromatic carbocycles. The van der Waals surface area contributed by atoms with Gasteiger partial charge in [-0.2, -0.15) is 0 Å². The largest absolute Gasteiger partial charge is 0.310 e. The van der Waals surface area contributed by atoms with E-state index in [0.717, 1.165) is 29.9 Å². The smallest absolute Gasteiger partial charge is 0.0468 e. The summed E-state index contributed by atoms with van der Waals surface area (Å²) in [5.41, 5.74) is 9.84. The standard InChI is InChI=1S/C47H35N/c1-32-20-25-39(26-21-32)48(38-14-6-3-7-15-38)40-27-24-34-28-36(23-22-35(34)29-40)46-31-37-30-45(33-12-4-2-5-13-33)41-16-8-10-18-43(41)47(37)44-19-11-9-17-42(44)46/h3-4,6-31H,2,5H2,1H3. The third kappa shape index (κ3) is 4.87. The van der Waals surface area contributed by atoms with E-state index in [1.165, 1.54) is 70.9 Å². The van der Waals surface area contributed by atoms with Gasteiger partial charge in [0.2, 0.25) is 0 Å². The van der Waals surface area contributed by atoms with Crippen LogP contribution in [0.1, 0.15) is 24.0 Å². The summed E-state index contributed by atoms with van der Waals surface area (Å²) in [5, 5.41) is 10.3. The number of rotatable bonds is 5. The minimum Gasteiger partial charge on any atom is -0.310 e. The van der Waals surface area contributed by atoms with Gasteiger partial charge < -0.3 is 4.90 Å². The van der Waals surface area contributed by atoms with Gasteiger partial charge in [-0.15, -0.1) is 0 Å². The van der Waals surface area contributed by atoms with Gasteiger partial charge in [-0.3, -0.25) is 0 Å². The molecule has 48 heavy (non-hydrogen) atoms. The molecule has 8 aromatic rings. The lowest BCUT2D eigenvalue weighted by atomic mass is 9.86. The zero-order valence-corrected chi connectivity index (χ0v) is 27.0. The molecule has 1 aliphatic rings. The molecule has 0 heterocycles. The number of benzene rings is 8. The van der Waals surface area contributed by atoms with Crippen LogP contribution in [-0.2, 0) is 0 Å². The zero-order chi connectivity index (χ0) is 32.0. The molecule has 0 saturated heterocycles. The number of anilines is 3. The number of allylic oxidation sites excluding steroid dienone is 4. The van der Waals surface area contributed by atoms with Crippen LogP contribution in [0, 0.1) is 6.92 Å². The van der Waals surface area contributed by atoms with Gasteiger partial charge in [0.1, 0.15) is 0 Å². The first-order chi connectivity index (χ1) is 23.7. The first-order valence-electron chi connectivity index (χ1n) is 16.9. The lowest BCUT2D eigenvalue weighted by Crippen LogP contribution is -2.09. The van der Waals surface area contributed by atoms with E-state index in [9.17, 15) is 0 Å². The molecule has 0 bridgehead atoms. The van der Waals surface area contributed by atoms with E-state index in [2.05, 4.69) is 182 Å². The van der Waals surface area contributed by atoms with Crippen molar-refractivity contribution in [3.63, 3.8) is 0 Å². The molecule has 0 spiro atoms. The molecule has 1 heteroatoms. The molecule has 0 saturated carbocycles. The lowest BCUT2D eigenvalue weighted by molar-refractivity contribution is 1.04. The molecule has 0 fully saturated rings. The van der Waals surface area contributed by atoms with Gasteiger partial charge in [0.05, 0.1) is 0 Å². The monoisotopic (exact) mass is 613 g/mol. The second kappa shape index (κ2) is 11.7. The van der Waals surface area contributed by atoms with Crippen molar-refractivity contribution in [1.29, 1.82) is 0 Å². The van der Waals surface area contributed by atoms with Gasteiger partial charge in [0, 0.05) is 17.1 Å². The summed E-state index contributed by atoms with van der Waals surface area (Å²) in [4.78, 5) is 2.34. The van der Waals surface area contributed by atoms with Gasteiger partial charge in [0.25, 0.3) is 0 Å². The Labute approximate surface area is 281 Å². The molecular weight excluding hydrogens is 579 g/mol. The molecule has 1 aliphatic carbocycles. The van der Waals surface area contributed by atoms with Crippen LogP contribution in [0.4, 0.5) is 17.1 Å². The minimum absolute atomic E-state index is 1.09. The average molecular weight is 614 g/mol. The summed E-state index contributed by atoms with van der Waals surface area (Å²) in [6.07, 6.45) is 9.21. The van der Waals surface area contributed by atoms with Crippen molar-refractivity contribution in [1.82, 2.24) is 0 Å². The molecule has 0 aromatic heterocycles. The molecule has 0 radical (unpaired) electrons. The van der Waals surface area contributed by atoms with E-state index in [4.69, 9.17) is 0 Å². The molecular formula is C47H35N. The van der Waals surface area contributed by atoms with Gasteiger partial charge >= 0.3 is 0 Å². The topological polar surface area (TPSA) is 3.24 Å². The van der Waals surface area contributed by atoms with E-state index >= 15 is 0 Å². The van der Waals surface area contributed by atoms with Crippen molar-refractivity contribution in [2.75, 3.05) is 4.90 Å². The van der Waals surface area contributed by atoms with Crippen molar-refractivity contribution < 1.29 is 0 Å². The highest BCUT2D eigenvalue weighted by molar-refractivity contribution is 6.25. The SMILES string of the molecule is Cc1ccc(N(c2ccccc2)c2ccc3cc(-c4cc5cc(C6=CCCC=C6)c6ccccc6c5c5ccccc45)ccc3c2)cc1. The van der Waals surface area contributed by atoms with Crippen LogP contribution in [0.3, 0.4) is 0 Å². The van der Waals surface area contributed by atoms with Crippen molar-refractivity contribution in [2.45, 2.75) is 19.8 Å². The van der Waals surface area contributed by atoms with Crippen molar-refractivity contribution in [3.8, 4) is 11.1 Å². The zero-order valence-electron chi connectivity index (χ0n) is 27.0. The summed E-state index contributed by atoms with van der Waals surface area (Å²) in [6, 6.07) is 55.9. The first kappa shape index (κ1) is 28.3. The van der Waals surface area contributed by atoms with Crippen LogP contribution >= 0.6 is 0 Å². The fraction of sp³-hybridized carbons (Fsp3) is 0.0638. The van der Waals surface area contributed by atoms with Crippen LogP contribution < -0.4 is 4.90 Å². The van der Waals surface area contributed by atoms with Gasteiger partial charge in [0.15, 0.2) is 0 Å². The molecule has 0 atom stereocenters. The Balaban J connectivity index is 1.21. The number of hydrogen-bond acceptors (Lipinski definition) is 1. The summed E-state index contributed by atoms with van der Waals surface area (Å²) >= 11 is 0. The highest BCUT2D eigenvalue weighted by atomic mass is 15.1. The fourth-order valence-electron chi connectivity index (χ4n) is 7.53. The predicted molar refractivity (Wildman–Crippen MR) is 208 cm³/mol. The van der Waals surface area contributed by atoms with Gasteiger partial charge in [-0.25, -0.2) is 0 Å². The number of fused-ring (bicyclic) bond motifs is 6. The van der Waals surface area contributed by atoms with Gasteiger partial charge in [-0.1, -0.05) is 121 Å². The number of hydrogen-bond donors (Lipinski definition) is 0. The maximum Gasteiger partial charge on any atom is 0.0468 e. The van der Waals surface area contributed by atoms with Gasteiger partial charge in [-0.05, 0) is 140 Å². The third-order valence-corrected chi connectivity index (χ3v) is 9.87. The summed E-state index contributed by atoms with van der Waals surface area (Å²) in [5.74, 6) is 0. The Bertz CT molecular complexity index is 2550. The summed E-state index contributed by atoms with van der Waals surface area (Å²) < 4.78 is 0. The quantitative estimate of drug-likeness (QED) is 0.175. The van der Waals surface area contributed by atoms with Crippen molar-refractivity contribution >= 4 is 65.7 Å². The predicted octanol–water partition coefficient (Wildman–Crippen LogP) is 13.5. The Morgan fingerprint density at radius 2 is 1.06 bits per heavy atom. The Kier molecular flexibility index (Phi) is 6.91. The summed E-state index contributed by atoms with van der Waals surface area (Å²) in [6.45, 7) is 2.13. The number of nitrogens with zero attached hydrogens (tertiary/aromatic N) is 1. The maximum absolute atomic E-state index is 2.42. The van der Waals surface area contributed by atoms with Crippen LogP contribution in [-0.4, -0.2) is 0 Å². The van der Waals surface area contributed by atoms with Crippen LogP contribution in [0.5, 0.6) is 0 Å². The van der Waals surface area contributed by atoms with E-state index < -0.39 is 0 Å². The molecule has 0 aliphatic heterocycles. The Morgan fingerprint density at radius 3 is 1.79 bits per heavy atom. The van der Waals surface area contributed by atoms with E-state index in [0.29, 0.717) is 0 Å². The van der Waals surface area contributed by atoms with Crippen molar-refractivity contribution in [2.24, 2.45) is 0 Å². The normalized spacial score (nSPS) is 13.0. The highest BCUT2D eigenvalue weighted by Gasteiger charge is 2.17. The Morgan fingerprint density at radius 1 is 0.458 bits per heavy atom. The molecule has 0 N–H and O–H groups in total. The fourth-order valence-corrected chi connectivity index (χ4v) is 7.53. The second-order valence-corrected chi connectivity index (χ2v) is 12.9. The van der Waals surface area contributed by atoms with Crippen LogP contribution in [0.2, 0.25) is 0 Å². The van der Waals surface area contributed by atoms with Crippen LogP contribution in [0.25, 0.3) is 59.8 Å². The lowest BCUT2D eigenvalue weighted by Gasteiger charge is -2.26. The molecule has 0 unspecified atom stereocenters. The number of aryl methyl sites for hydroxylation is 1. The van der Waals surface area contributed by atoms with Crippen molar-refractivity contribution in [3.05, 3.63) is 181 Å². The van der Waals surface area contributed by atoms with E-state index in [-0.39, 0.29) is 0 Å². The molecule has 0 amide bonds. The highest BCUT2D eigenvalue weighted by Crippen LogP contribution is 2.42. The Hall–Kier alpha value is -5.92. The van der Waals surface area contributed by atoms with Crippen LogP contribution in [0.15, 0.2) is 170 Å². The summed E-state index contributed by atoms with van der Waals surface area (Å²) in [7, 11) is 0. The molecule has 9 rings (SSSR count). The average Bonchev–Trinajstić information content (AvgIpc) is 3.15.